The van der Waals surface area contributed by atoms with Crippen LogP contribution in [0.5, 0.6) is 0 Å². The number of carboxylic acids is 2. The van der Waals surface area contributed by atoms with Crippen molar-refractivity contribution in [2.75, 3.05) is 0 Å². The average molecular weight is 475 g/mol. The average Bonchev–Trinajstić information content (AvgIpc) is 2.68. The molecule has 0 aromatic rings. The Labute approximate surface area is 180 Å². The SMILES string of the molecule is CCC(=O)SSC(=O)CC.CCC(=O)SSC(=O)CC.O=C(O)CCC(=O)O. The second-order valence-electron chi connectivity index (χ2n) is 4.52. The zero-order valence-electron chi connectivity index (χ0n) is 16.2. The number of rotatable bonds is 7. The Morgan fingerprint density at radius 3 is 0.786 bits per heavy atom. The minimum absolute atomic E-state index is 0.0619. The van der Waals surface area contributed by atoms with Gasteiger partial charge in [-0.05, 0) is 43.2 Å². The fraction of sp³-hybridized carbons (Fsp3) is 0.625. The van der Waals surface area contributed by atoms with Crippen molar-refractivity contribution < 1.29 is 39.0 Å². The number of hydrogen-bond acceptors (Lipinski definition) is 10. The minimum atomic E-state index is -1.08. The Bertz CT molecular complexity index is 445. The first-order valence-corrected chi connectivity index (χ1v) is 12.6. The molecule has 2 N–H and O–H groups in total. The van der Waals surface area contributed by atoms with Gasteiger partial charge in [0.05, 0.1) is 12.8 Å². The highest BCUT2D eigenvalue weighted by molar-refractivity contribution is 8.87. The molecule has 0 fully saturated rings. The van der Waals surface area contributed by atoms with Crippen molar-refractivity contribution in [3.8, 4) is 0 Å². The van der Waals surface area contributed by atoms with E-state index in [1.165, 1.54) is 0 Å². The van der Waals surface area contributed by atoms with E-state index in [4.69, 9.17) is 10.2 Å². The predicted octanol–water partition coefficient (Wildman–Crippen LogP) is 4.42. The van der Waals surface area contributed by atoms with Crippen molar-refractivity contribution in [3.63, 3.8) is 0 Å². The topological polar surface area (TPSA) is 143 Å². The first-order chi connectivity index (χ1) is 13.0. The summed E-state index contributed by atoms with van der Waals surface area (Å²) in [6.45, 7) is 7.14. The van der Waals surface area contributed by atoms with E-state index >= 15 is 0 Å². The number of carboxylic acid groups (broad SMARTS) is 2. The van der Waals surface area contributed by atoms with Crippen LogP contribution in [-0.2, 0) is 28.8 Å². The van der Waals surface area contributed by atoms with Gasteiger partial charge in [-0.2, -0.15) is 0 Å². The third-order valence-electron chi connectivity index (χ3n) is 2.16. The minimum Gasteiger partial charge on any atom is -0.481 e. The smallest absolute Gasteiger partial charge is 0.303 e. The number of carbonyl (C=O) groups excluding carboxylic acids is 4. The molecule has 8 nitrogen and oxygen atoms in total. The van der Waals surface area contributed by atoms with Gasteiger partial charge in [-0.3, -0.25) is 28.8 Å². The third-order valence-corrected chi connectivity index (χ3v) is 6.96. The quantitative estimate of drug-likeness (QED) is 0.504. The van der Waals surface area contributed by atoms with Crippen LogP contribution in [0.25, 0.3) is 0 Å². The van der Waals surface area contributed by atoms with Gasteiger partial charge in [-0.1, -0.05) is 27.7 Å². The molecule has 162 valence electrons. The molecular weight excluding hydrogens is 448 g/mol. The molecule has 0 amide bonds. The van der Waals surface area contributed by atoms with E-state index in [2.05, 4.69) is 0 Å². The molecular formula is C16H26O8S4. The predicted molar refractivity (Wildman–Crippen MR) is 116 cm³/mol. The number of aliphatic carboxylic acids is 2. The molecule has 0 bridgehead atoms. The van der Waals surface area contributed by atoms with Crippen LogP contribution >= 0.6 is 43.2 Å². The maximum absolute atomic E-state index is 10.6. The maximum Gasteiger partial charge on any atom is 0.303 e. The first-order valence-electron chi connectivity index (χ1n) is 8.27. The lowest BCUT2D eigenvalue weighted by atomic mass is 10.3. The Morgan fingerprint density at radius 1 is 0.500 bits per heavy atom. The molecule has 0 spiro atoms. The van der Waals surface area contributed by atoms with Gasteiger partial charge < -0.3 is 10.2 Å². The van der Waals surface area contributed by atoms with Crippen LogP contribution in [0, 0.1) is 0 Å². The summed E-state index contributed by atoms with van der Waals surface area (Å²) in [5.74, 6) is -2.15. The highest BCUT2D eigenvalue weighted by Gasteiger charge is 2.04. The largest absolute Gasteiger partial charge is 0.481 e. The highest BCUT2D eigenvalue weighted by Crippen LogP contribution is 2.25. The van der Waals surface area contributed by atoms with Crippen molar-refractivity contribution in [2.24, 2.45) is 0 Å². The molecule has 0 heterocycles. The van der Waals surface area contributed by atoms with Gasteiger partial charge in [0.15, 0.2) is 20.5 Å². The van der Waals surface area contributed by atoms with Gasteiger partial charge in [0.1, 0.15) is 0 Å². The van der Waals surface area contributed by atoms with Crippen molar-refractivity contribution in [1.29, 1.82) is 0 Å². The molecule has 0 rings (SSSR count). The lowest BCUT2D eigenvalue weighted by Gasteiger charge is -1.92. The van der Waals surface area contributed by atoms with E-state index in [1.807, 2.05) is 0 Å². The summed E-state index contributed by atoms with van der Waals surface area (Å²) in [5.41, 5.74) is 0. The fourth-order valence-electron chi connectivity index (χ4n) is 0.635. The highest BCUT2D eigenvalue weighted by atomic mass is 33.1. The van der Waals surface area contributed by atoms with Gasteiger partial charge in [-0.25, -0.2) is 0 Å². The summed E-state index contributed by atoms with van der Waals surface area (Å²) < 4.78 is 0. The van der Waals surface area contributed by atoms with E-state index < -0.39 is 11.9 Å². The Balaban J connectivity index is -0.000000337. The zero-order valence-corrected chi connectivity index (χ0v) is 19.5. The molecule has 0 saturated carbocycles. The Kier molecular flexibility index (Phi) is 25.3. The van der Waals surface area contributed by atoms with Gasteiger partial charge >= 0.3 is 11.9 Å². The van der Waals surface area contributed by atoms with Crippen molar-refractivity contribution >= 4 is 75.6 Å². The summed E-state index contributed by atoms with van der Waals surface area (Å²) in [6, 6.07) is 0. The van der Waals surface area contributed by atoms with Crippen molar-refractivity contribution in [3.05, 3.63) is 0 Å². The Morgan fingerprint density at radius 2 is 0.679 bits per heavy atom. The van der Waals surface area contributed by atoms with E-state index in [0.29, 0.717) is 25.7 Å². The molecule has 0 aromatic heterocycles. The second-order valence-corrected chi connectivity index (χ2v) is 9.01. The summed E-state index contributed by atoms with van der Waals surface area (Å²) >= 11 is 0. The molecule has 0 atom stereocenters. The van der Waals surface area contributed by atoms with Crippen LogP contribution in [0.2, 0.25) is 0 Å². The van der Waals surface area contributed by atoms with Crippen molar-refractivity contribution in [1.82, 2.24) is 0 Å². The van der Waals surface area contributed by atoms with Crippen LogP contribution < -0.4 is 0 Å². The monoisotopic (exact) mass is 474 g/mol. The normalized spacial score (nSPS) is 9.14. The van der Waals surface area contributed by atoms with E-state index in [0.717, 1.165) is 43.2 Å². The van der Waals surface area contributed by atoms with Gasteiger partial charge in [0, 0.05) is 25.7 Å². The van der Waals surface area contributed by atoms with Crippen LogP contribution in [-0.4, -0.2) is 42.6 Å². The first kappa shape index (κ1) is 31.7. The lowest BCUT2D eigenvalue weighted by molar-refractivity contribution is -0.143. The Hall–Kier alpha value is -0.980. The van der Waals surface area contributed by atoms with Gasteiger partial charge in [0.2, 0.25) is 0 Å². The van der Waals surface area contributed by atoms with Gasteiger partial charge in [-0.15, -0.1) is 0 Å². The third kappa shape index (κ3) is 29.8. The molecule has 12 heteroatoms. The summed E-state index contributed by atoms with van der Waals surface area (Å²) in [7, 11) is 4.15. The molecule has 0 unspecified atom stereocenters. The van der Waals surface area contributed by atoms with E-state index in [9.17, 15) is 28.8 Å². The number of carbonyl (C=O) groups is 6. The maximum atomic E-state index is 10.6. The molecule has 0 aliphatic carbocycles. The summed E-state index contributed by atoms with van der Waals surface area (Å²) in [4.78, 5) is 61.8. The second kappa shape index (κ2) is 22.3. The van der Waals surface area contributed by atoms with Crippen LogP contribution in [0.1, 0.15) is 66.2 Å². The van der Waals surface area contributed by atoms with Gasteiger partial charge in [0.25, 0.3) is 0 Å². The molecule has 28 heavy (non-hydrogen) atoms. The molecule has 0 aliphatic rings. The fourth-order valence-corrected chi connectivity index (χ4v) is 4.01. The molecule has 0 aromatic carbocycles. The van der Waals surface area contributed by atoms with Crippen LogP contribution in [0.15, 0.2) is 0 Å². The lowest BCUT2D eigenvalue weighted by Crippen LogP contribution is -2.00. The van der Waals surface area contributed by atoms with Crippen LogP contribution in [0.4, 0.5) is 0 Å². The van der Waals surface area contributed by atoms with E-state index in [1.54, 1.807) is 27.7 Å². The van der Waals surface area contributed by atoms with Crippen LogP contribution in [0.3, 0.4) is 0 Å². The van der Waals surface area contributed by atoms with Crippen molar-refractivity contribution in [2.45, 2.75) is 66.2 Å². The number of hydrogen-bond donors (Lipinski definition) is 2. The molecule has 0 saturated heterocycles. The molecule has 0 radical (unpaired) electrons. The molecule has 0 aliphatic heterocycles. The standard InChI is InChI=1S/2C6H10O2S2.C4H6O4/c2*1-3-5(7)9-10-6(8)4-2;5-3(6)1-2-4(7)8/h2*3-4H2,1-2H3;1-2H2,(H,5,6)(H,7,8). The van der Waals surface area contributed by atoms with E-state index in [-0.39, 0.29) is 33.3 Å². The summed E-state index contributed by atoms with van der Waals surface area (Å²) in [5, 5.41) is 16.0. The summed E-state index contributed by atoms with van der Waals surface area (Å²) in [6.07, 6.45) is 1.39. The zero-order chi connectivity index (χ0) is 22.5.